The van der Waals surface area contributed by atoms with Crippen molar-refractivity contribution >= 4 is 17.8 Å². The van der Waals surface area contributed by atoms with Gasteiger partial charge >= 0.3 is 5.97 Å². The summed E-state index contributed by atoms with van der Waals surface area (Å²) in [5, 5.41) is 2.60. The van der Waals surface area contributed by atoms with E-state index in [2.05, 4.69) is 5.32 Å². The van der Waals surface area contributed by atoms with Crippen molar-refractivity contribution in [2.75, 3.05) is 26.8 Å². The number of nitrogens with zero attached hydrogens (tertiary/aromatic N) is 1. The van der Waals surface area contributed by atoms with Gasteiger partial charge in [0.1, 0.15) is 24.1 Å². The molecule has 1 aliphatic rings. The third-order valence-corrected chi connectivity index (χ3v) is 7.01. The van der Waals surface area contributed by atoms with Crippen molar-refractivity contribution < 1.29 is 37.4 Å². The maximum Gasteiger partial charge on any atom is 0.308 e. The highest BCUT2D eigenvalue weighted by atomic mass is 19.2. The zero-order valence-corrected chi connectivity index (χ0v) is 23.6. The van der Waals surface area contributed by atoms with Crippen LogP contribution in [0.4, 0.5) is 8.78 Å². The van der Waals surface area contributed by atoms with Gasteiger partial charge in [-0.05, 0) is 42.2 Å². The molecule has 10 heteroatoms. The first-order valence-electron chi connectivity index (χ1n) is 13.7. The molecule has 1 heterocycles. The van der Waals surface area contributed by atoms with Gasteiger partial charge in [-0.15, -0.1) is 0 Å². The van der Waals surface area contributed by atoms with E-state index >= 15 is 0 Å². The van der Waals surface area contributed by atoms with E-state index in [1.165, 1.54) is 14.0 Å². The van der Waals surface area contributed by atoms with Crippen LogP contribution in [0.15, 0.2) is 66.7 Å². The number of nitrogens with one attached hydrogen (secondary N) is 1. The van der Waals surface area contributed by atoms with Gasteiger partial charge in [0, 0.05) is 37.6 Å². The smallest absolute Gasteiger partial charge is 0.308 e. The number of halogens is 2. The van der Waals surface area contributed by atoms with Gasteiger partial charge in [0.25, 0.3) is 0 Å². The molecule has 1 fully saturated rings. The Morgan fingerprint density at radius 3 is 2.43 bits per heavy atom. The third kappa shape index (κ3) is 8.28. The summed E-state index contributed by atoms with van der Waals surface area (Å²) in [4.78, 5) is 39.3. The summed E-state index contributed by atoms with van der Waals surface area (Å²) in [7, 11) is 1.39. The van der Waals surface area contributed by atoms with Gasteiger partial charge in [-0.1, -0.05) is 42.5 Å². The summed E-state index contributed by atoms with van der Waals surface area (Å²) in [6, 6.07) is 17.2. The molecule has 0 aromatic heterocycles. The van der Waals surface area contributed by atoms with E-state index in [4.69, 9.17) is 14.2 Å². The molecule has 0 bridgehead atoms. The molecule has 2 unspecified atom stereocenters. The van der Waals surface area contributed by atoms with Gasteiger partial charge in [-0.3, -0.25) is 14.4 Å². The summed E-state index contributed by atoms with van der Waals surface area (Å²) in [6.07, 6.45) is 1.33. The van der Waals surface area contributed by atoms with E-state index in [-0.39, 0.29) is 30.6 Å². The topological polar surface area (TPSA) is 94.2 Å². The molecule has 0 spiro atoms. The molecule has 0 saturated carbocycles. The number of benzene rings is 3. The van der Waals surface area contributed by atoms with Gasteiger partial charge in [-0.2, -0.15) is 0 Å². The lowest BCUT2D eigenvalue weighted by atomic mass is 9.98. The number of esters is 1. The van der Waals surface area contributed by atoms with Gasteiger partial charge in [0.05, 0.1) is 20.1 Å². The van der Waals surface area contributed by atoms with Crippen LogP contribution in [-0.4, -0.2) is 55.5 Å². The Kier molecular flexibility index (Phi) is 10.5. The minimum Gasteiger partial charge on any atom is -0.496 e. The fraction of sp³-hybridized carbons (Fsp3) is 0.344. The molecule has 8 nitrogen and oxygen atoms in total. The van der Waals surface area contributed by atoms with Crippen LogP contribution in [0.25, 0.3) is 11.1 Å². The normalized spacial score (nSPS) is 15.4. The average molecular weight is 581 g/mol. The van der Waals surface area contributed by atoms with E-state index in [9.17, 15) is 23.2 Å². The third-order valence-electron chi connectivity index (χ3n) is 7.01. The number of hydrogen-bond acceptors (Lipinski definition) is 6. The van der Waals surface area contributed by atoms with Crippen molar-refractivity contribution in [3.8, 4) is 22.6 Å². The highest BCUT2D eigenvalue weighted by Crippen LogP contribution is 2.33. The second-order valence-electron chi connectivity index (χ2n) is 10.2. The summed E-state index contributed by atoms with van der Waals surface area (Å²) in [5.41, 5.74) is 1.88. The Hall–Kier alpha value is -4.47. The van der Waals surface area contributed by atoms with Crippen molar-refractivity contribution in [1.82, 2.24) is 10.2 Å². The number of hydrogen-bond donors (Lipinski definition) is 1. The largest absolute Gasteiger partial charge is 0.496 e. The van der Waals surface area contributed by atoms with Crippen molar-refractivity contribution in [3.05, 3.63) is 83.9 Å². The van der Waals surface area contributed by atoms with Crippen LogP contribution in [0.5, 0.6) is 11.5 Å². The molecule has 3 aromatic rings. The SMILES string of the molecule is COc1cc(F)c(F)cc1-c1ccc(OCC2CCCN(C(=O)C(CC(=O)OCc3ccccc3)NC(C)=O)C2)cc1. The minimum atomic E-state index is -1.02. The fourth-order valence-corrected chi connectivity index (χ4v) is 4.90. The molecule has 2 atom stereocenters. The second-order valence-corrected chi connectivity index (χ2v) is 10.2. The lowest BCUT2D eigenvalue weighted by Crippen LogP contribution is -2.52. The average Bonchev–Trinajstić information content (AvgIpc) is 3.00. The molecule has 1 aliphatic heterocycles. The zero-order chi connectivity index (χ0) is 30.1. The van der Waals surface area contributed by atoms with E-state index in [0.717, 1.165) is 30.5 Å². The standard InChI is InChI=1S/C32H34F2N2O6/c1-21(37)35-29(17-31(38)42-19-22-7-4-3-5-8-22)32(39)36-14-6-9-23(18-36)20-41-25-12-10-24(11-13-25)26-15-27(33)28(34)16-30(26)40-2/h3-5,7-8,10-13,15-16,23,29H,6,9,14,17-20H2,1-2H3,(H,35,37). The maximum absolute atomic E-state index is 13.8. The van der Waals surface area contributed by atoms with Crippen molar-refractivity contribution in [2.24, 2.45) is 5.92 Å². The number of ether oxygens (including phenoxy) is 3. The van der Waals surface area contributed by atoms with E-state index in [1.807, 2.05) is 30.3 Å². The lowest BCUT2D eigenvalue weighted by Gasteiger charge is -2.34. The second kappa shape index (κ2) is 14.4. The molecule has 4 rings (SSSR count). The minimum absolute atomic E-state index is 0.0386. The van der Waals surface area contributed by atoms with Crippen LogP contribution >= 0.6 is 0 Å². The fourth-order valence-electron chi connectivity index (χ4n) is 4.90. The first kappa shape index (κ1) is 30.5. The molecular formula is C32H34F2N2O6. The first-order chi connectivity index (χ1) is 20.2. The van der Waals surface area contributed by atoms with E-state index < -0.39 is 29.6 Å². The molecular weight excluding hydrogens is 546 g/mol. The maximum atomic E-state index is 13.8. The molecule has 1 N–H and O–H groups in total. The van der Waals surface area contributed by atoms with E-state index in [0.29, 0.717) is 36.6 Å². The highest BCUT2D eigenvalue weighted by molar-refractivity contribution is 5.90. The summed E-state index contributed by atoms with van der Waals surface area (Å²) >= 11 is 0. The van der Waals surface area contributed by atoms with Crippen LogP contribution < -0.4 is 14.8 Å². The van der Waals surface area contributed by atoms with Crippen molar-refractivity contribution in [2.45, 2.75) is 38.8 Å². The molecule has 3 aromatic carbocycles. The Balaban J connectivity index is 1.32. The van der Waals surface area contributed by atoms with Crippen molar-refractivity contribution in [3.63, 3.8) is 0 Å². The molecule has 42 heavy (non-hydrogen) atoms. The Bertz CT molecular complexity index is 1380. The molecule has 2 amide bonds. The first-order valence-corrected chi connectivity index (χ1v) is 13.7. The van der Waals surface area contributed by atoms with Gasteiger partial charge in [0.2, 0.25) is 11.8 Å². The van der Waals surface area contributed by atoms with Crippen LogP contribution in [-0.2, 0) is 25.7 Å². The predicted octanol–water partition coefficient (Wildman–Crippen LogP) is 4.90. The number of rotatable bonds is 11. The molecule has 0 aliphatic carbocycles. The molecule has 0 radical (unpaired) electrons. The van der Waals surface area contributed by atoms with Crippen LogP contribution in [0.2, 0.25) is 0 Å². The molecule has 1 saturated heterocycles. The number of methoxy groups -OCH3 is 1. The van der Waals surface area contributed by atoms with Crippen molar-refractivity contribution in [1.29, 1.82) is 0 Å². The van der Waals surface area contributed by atoms with Crippen LogP contribution in [0.3, 0.4) is 0 Å². The summed E-state index contributed by atoms with van der Waals surface area (Å²) < 4.78 is 43.9. The summed E-state index contributed by atoms with van der Waals surface area (Å²) in [6.45, 7) is 2.66. The number of amides is 2. The monoisotopic (exact) mass is 580 g/mol. The van der Waals surface area contributed by atoms with Gasteiger partial charge in [-0.25, -0.2) is 8.78 Å². The predicted molar refractivity (Wildman–Crippen MR) is 152 cm³/mol. The number of carbonyl (C=O) groups excluding carboxylic acids is 3. The van der Waals surface area contributed by atoms with Gasteiger partial charge < -0.3 is 24.4 Å². The Morgan fingerprint density at radius 2 is 1.74 bits per heavy atom. The summed E-state index contributed by atoms with van der Waals surface area (Å²) in [5.74, 6) is -2.43. The zero-order valence-electron chi connectivity index (χ0n) is 23.6. The van der Waals surface area contributed by atoms with Crippen LogP contribution in [0, 0.1) is 17.6 Å². The molecule has 222 valence electrons. The van der Waals surface area contributed by atoms with E-state index in [1.54, 1.807) is 29.2 Å². The number of piperidine rings is 1. The number of carbonyl (C=O) groups is 3. The quantitative estimate of drug-likeness (QED) is 0.325. The Morgan fingerprint density at radius 1 is 1.02 bits per heavy atom. The van der Waals surface area contributed by atoms with Gasteiger partial charge in [0.15, 0.2) is 11.6 Å². The van der Waals surface area contributed by atoms with Crippen LogP contribution in [0.1, 0.15) is 31.7 Å². The number of likely N-dealkylation sites (tertiary alicyclic amines) is 1. The highest BCUT2D eigenvalue weighted by Gasteiger charge is 2.31. The Labute approximate surface area is 243 Å². The lowest BCUT2D eigenvalue weighted by molar-refractivity contribution is -0.149.